The molecule has 0 aliphatic heterocycles. The lowest BCUT2D eigenvalue weighted by Gasteiger charge is -2.24. The molecule has 77 heavy (non-hydrogen) atoms. The van der Waals surface area contributed by atoms with Crippen LogP contribution in [-0.2, 0) is 32.7 Å². The number of nitrogens with zero attached hydrogens (tertiary/aromatic N) is 1. The second kappa shape index (κ2) is 58.9. The fourth-order valence-electron chi connectivity index (χ4n) is 9.75. The van der Waals surface area contributed by atoms with Gasteiger partial charge in [0.25, 0.3) is 0 Å². The summed E-state index contributed by atoms with van der Waals surface area (Å²) >= 11 is 0. The Labute approximate surface area is 478 Å². The van der Waals surface area contributed by atoms with Gasteiger partial charge in [-0.3, -0.25) is 18.6 Å². The van der Waals surface area contributed by atoms with Gasteiger partial charge in [0.15, 0.2) is 6.10 Å². The molecule has 0 heterocycles. The molecule has 0 saturated heterocycles. The molecule has 10 heteroatoms. The van der Waals surface area contributed by atoms with Crippen molar-refractivity contribution in [3.05, 3.63) is 36.5 Å². The van der Waals surface area contributed by atoms with Gasteiger partial charge in [-0.25, -0.2) is 4.57 Å². The first-order valence-corrected chi connectivity index (χ1v) is 34.7. The maximum absolute atomic E-state index is 12.8. The second-order valence-electron chi connectivity index (χ2n) is 23.9. The van der Waals surface area contributed by atoms with Crippen LogP contribution in [0.1, 0.15) is 328 Å². The Morgan fingerprint density at radius 2 is 0.701 bits per heavy atom. The van der Waals surface area contributed by atoms with Crippen molar-refractivity contribution in [1.29, 1.82) is 0 Å². The number of hydrogen-bond acceptors (Lipinski definition) is 7. The number of hydrogen-bond donors (Lipinski definition) is 1. The highest BCUT2D eigenvalue weighted by atomic mass is 31.2. The minimum absolute atomic E-state index is 0.0304. The second-order valence-corrected chi connectivity index (χ2v) is 25.3. The summed E-state index contributed by atoms with van der Waals surface area (Å²) < 4.78 is 34.6. The smallest absolute Gasteiger partial charge is 0.462 e. The molecule has 2 atom stereocenters. The summed E-state index contributed by atoms with van der Waals surface area (Å²) in [6, 6.07) is 0. The normalized spacial score (nSPS) is 13.4. The number of allylic oxidation sites excluding steroid dienone is 6. The first-order chi connectivity index (χ1) is 37.5. The highest BCUT2D eigenvalue weighted by Crippen LogP contribution is 2.43. The van der Waals surface area contributed by atoms with Gasteiger partial charge >= 0.3 is 19.8 Å². The molecule has 0 aromatic heterocycles. The summed E-state index contributed by atoms with van der Waals surface area (Å²) in [5.74, 6) is -0.799. The number of carbonyl (C=O) groups excluding carboxylic acids is 2. The minimum atomic E-state index is -4.39. The first-order valence-electron chi connectivity index (χ1n) is 33.2. The van der Waals surface area contributed by atoms with Crippen molar-refractivity contribution in [2.75, 3.05) is 47.5 Å². The molecule has 0 aromatic carbocycles. The van der Waals surface area contributed by atoms with E-state index in [1.54, 1.807) is 0 Å². The zero-order chi connectivity index (χ0) is 56.3. The number of esters is 2. The van der Waals surface area contributed by atoms with Gasteiger partial charge in [-0.05, 0) is 70.6 Å². The van der Waals surface area contributed by atoms with Crippen LogP contribution in [0.25, 0.3) is 0 Å². The molecule has 0 radical (unpaired) electrons. The zero-order valence-corrected chi connectivity index (χ0v) is 52.6. The Morgan fingerprint density at radius 1 is 0.403 bits per heavy atom. The van der Waals surface area contributed by atoms with Crippen LogP contribution in [0.2, 0.25) is 0 Å². The fraction of sp³-hybridized carbons (Fsp3) is 0.881. The number of quaternary nitrogens is 1. The number of ether oxygens (including phenoxy) is 2. The van der Waals surface area contributed by atoms with E-state index in [0.717, 1.165) is 57.8 Å². The first kappa shape index (κ1) is 75.2. The third kappa shape index (κ3) is 63.3. The Hall–Kier alpha value is -1.77. The van der Waals surface area contributed by atoms with Crippen molar-refractivity contribution in [2.45, 2.75) is 335 Å². The van der Waals surface area contributed by atoms with E-state index in [2.05, 4.69) is 50.3 Å². The summed E-state index contributed by atoms with van der Waals surface area (Å²) in [7, 11) is 1.48. The van der Waals surface area contributed by atoms with Crippen molar-refractivity contribution in [3.8, 4) is 0 Å². The van der Waals surface area contributed by atoms with Gasteiger partial charge in [0.2, 0.25) is 0 Å². The predicted molar refractivity (Wildman–Crippen MR) is 330 cm³/mol. The minimum Gasteiger partial charge on any atom is -0.462 e. The lowest BCUT2D eigenvalue weighted by molar-refractivity contribution is -0.870. The van der Waals surface area contributed by atoms with Gasteiger partial charge in [-0.1, -0.05) is 281 Å². The Kier molecular flexibility index (Phi) is 57.5. The molecular weight excluding hydrogens is 978 g/mol. The quantitative estimate of drug-likeness (QED) is 0.0211. The van der Waals surface area contributed by atoms with Crippen LogP contribution in [-0.4, -0.2) is 74.9 Å². The Morgan fingerprint density at radius 3 is 1.05 bits per heavy atom. The van der Waals surface area contributed by atoms with Crippen molar-refractivity contribution in [2.24, 2.45) is 0 Å². The van der Waals surface area contributed by atoms with E-state index in [4.69, 9.17) is 18.5 Å². The molecule has 0 aliphatic carbocycles. The molecule has 0 spiro atoms. The van der Waals surface area contributed by atoms with E-state index in [9.17, 15) is 19.0 Å². The maximum atomic E-state index is 12.8. The van der Waals surface area contributed by atoms with Crippen LogP contribution >= 0.6 is 7.82 Å². The van der Waals surface area contributed by atoms with Gasteiger partial charge in [0.1, 0.15) is 19.8 Å². The molecule has 0 aliphatic rings. The topological polar surface area (TPSA) is 108 Å². The third-order valence-electron chi connectivity index (χ3n) is 14.9. The Balaban J connectivity index is 3.90. The third-order valence-corrected chi connectivity index (χ3v) is 15.9. The summed E-state index contributed by atoms with van der Waals surface area (Å²) in [5, 5.41) is 0. The van der Waals surface area contributed by atoms with Gasteiger partial charge in [0, 0.05) is 12.8 Å². The average molecular weight is 1110 g/mol. The van der Waals surface area contributed by atoms with E-state index in [0.29, 0.717) is 23.9 Å². The number of phosphoric ester groups is 1. The van der Waals surface area contributed by atoms with E-state index >= 15 is 0 Å². The van der Waals surface area contributed by atoms with Crippen LogP contribution in [0, 0.1) is 0 Å². The molecule has 0 amide bonds. The van der Waals surface area contributed by atoms with Gasteiger partial charge < -0.3 is 18.9 Å². The van der Waals surface area contributed by atoms with E-state index < -0.39 is 26.5 Å². The van der Waals surface area contributed by atoms with Crippen molar-refractivity contribution in [3.63, 3.8) is 0 Å². The SMILES string of the molecule is CCCCCC/C=C\C/C=C\CCCCCCCC(=O)OC(COC(=O)CCCCCCCCCCCCCCCCCCCCCCCCCCC/C=C\CCCCCCCCCC)COP(=O)(O)OCC[N+](C)(C)C. The standard InChI is InChI=1S/C67H128NO8P/c1-6-8-10-12-14-16-18-20-22-24-25-26-27-28-29-30-31-32-33-34-35-36-37-38-39-40-41-42-43-44-46-47-49-51-53-55-57-59-66(69)73-63-65(64-75-77(71,72)74-62-61-68(3,4)5)76-67(70)60-58-56-54-52-50-48-45-23-21-19-17-15-13-11-9-7-2/h17,19,23-25,45,65H,6-16,18,20-22,26-44,46-64H2,1-5H3/p+1/b19-17-,25-24-,45-23-. The molecule has 9 nitrogen and oxygen atoms in total. The molecule has 0 fully saturated rings. The fourth-order valence-corrected chi connectivity index (χ4v) is 10.5. The van der Waals surface area contributed by atoms with Crippen molar-refractivity contribution in [1.82, 2.24) is 0 Å². The van der Waals surface area contributed by atoms with Crippen molar-refractivity contribution >= 4 is 19.8 Å². The summed E-state index contributed by atoms with van der Waals surface area (Å²) in [6.45, 7) is 4.44. The Bertz CT molecular complexity index is 1390. The van der Waals surface area contributed by atoms with E-state index in [-0.39, 0.29) is 25.6 Å². The molecule has 0 bridgehead atoms. The molecule has 454 valence electrons. The van der Waals surface area contributed by atoms with Crippen LogP contribution < -0.4 is 0 Å². The van der Waals surface area contributed by atoms with Crippen LogP contribution in [0.3, 0.4) is 0 Å². The van der Waals surface area contributed by atoms with E-state index in [1.807, 2.05) is 21.1 Å². The van der Waals surface area contributed by atoms with Crippen molar-refractivity contribution < 1.29 is 42.1 Å². The number of unbranched alkanes of at least 4 members (excludes halogenated alkanes) is 42. The average Bonchev–Trinajstić information content (AvgIpc) is 3.39. The monoisotopic (exact) mass is 1110 g/mol. The van der Waals surface area contributed by atoms with Crippen LogP contribution in [0.4, 0.5) is 0 Å². The summed E-state index contributed by atoms with van der Waals surface area (Å²) in [5.41, 5.74) is 0. The molecule has 1 N–H and O–H groups in total. The predicted octanol–water partition coefficient (Wildman–Crippen LogP) is 21.1. The van der Waals surface area contributed by atoms with Crippen LogP contribution in [0.15, 0.2) is 36.5 Å². The highest BCUT2D eigenvalue weighted by molar-refractivity contribution is 7.47. The van der Waals surface area contributed by atoms with Gasteiger partial charge in [-0.2, -0.15) is 0 Å². The largest absolute Gasteiger partial charge is 0.472 e. The lowest BCUT2D eigenvalue weighted by Crippen LogP contribution is -2.37. The van der Waals surface area contributed by atoms with Gasteiger partial charge in [-0.15, -0.1) is 0 Å². The highest BCUT2D eigenvalue weighted by Gasteiger charge is 2.27. The molecule has 0 saturated carbocycles. The number of rotatable bonds is 62. The van der Waals surface area contributed by atoms with E-state index in [1.165, 1.54) is 238 Å². The number of carbonyl (C=O) groups is 2. The lowest BCUT2D eigenvalue weighted by atomic mass is 10.0. The molecular formula is C67H129NO8P+. The number of likely N-dealkylation sites (N-methyl/N-ethyl adjacent to an activating group) is 1. The molecule has 2 unspecified atom stereocenters. The molecule has 0 aromatic rings. The van der Waals surface area contributed by atoms with Crippen LogP contribution in [0.5, 0.6) is 0 Å². The van der Waals surface area contributed by atoms with Gasteiger partial charge in [0.05, 0.1) is 27.7 Å². The summed E-state index contributed by atoms with van der Waals surface area (Å²) in [4.78, 5) is 35.7. The summed E-state index contributed by atoms with van der Waals surface area (Å²) in [6.07, 6.45) is 74.1. The molecule has 0 rings (SSSR count). The zero-order valence-electron chi connectivity index (χ0n) is 51.7. The number of phosphoric acid groups is 1. The maximum Gasteiger partial charge on any atom is 0.472 e.